The van der Waals surface area contributed by atoms with Crippen molar-refractivity contribution in [3.63, 3.8) is 0 Å². The summed E-state index contributed by atoms with van der Waals surface area (Å²) < 4.78 is 109. The van der Waals surface area contributed by atoms with E-state index in [-0.39, 0.29) is 46.5 Å². The molecule has 2 aromatic carbocycles. The Morgan fingerprint density at radius 1 is 1.02 bits per heavy atom. The molecule has 15 heteroatoms. The molecule has 0 saturated carbocycles. The molecule has 0 spiro atoms. The van der Waals surface area contributed by atoms with Gasteiger partial charge in [0.25, 0.3) is 20.1 Å². The molecule has 0 amide bonds. The summed E-state index contributed by atoms with van der Waals surface area (Å²) in [5, 5.41) is 3.92. The van der Waals surface area contributed by atoms with Crippen molar-refractivity contribution in [1.82, 2.24) is 5.16 Å². The molecule has 0 fully saturated rings. The van der Waals surface area contributed by atoms with Gasteiger partial charge in [-0.1, -0.05) is 61.2 Å². The van der Waals surface area contributed by atoms with Gasteiger partial charge in [-0.3, -0.25) is 4.18 Å². The summed E-state index contributed by atoms with van der Waals surface area (Å²) in [7, 11) is -10.1. The van der Waals surface area contributed by atoms with E-state index >= 15 is 0 Å². The molecule has 1 aromatic heterocycles. The molecule has 43 heavy (non-hydrogen) atoms. The van der Waals surface area contributed by atoms with E-state index in [0.717, 1.165) is 10.6 Å². The maximum absolute atomic E-state index is 14.4. The van der Waals surface area contributed by atoms with Crippen LogP contribution in [-0.4, -0.2) is 55.0 Å². The van der Waals surface area contributed by atoms with Gasteiger partial charge >= 0.3 is 6.18 Å². The summed E-state index contributed by atoms with van der Waals surface area (Å²) in [5.74, 6) is -0.0272. The van der Waals surface area contributed by atoms with Crippen LogP contribution in [0.2, 0.25) is 19.6 Å². The highest BCUT2D eigenvalue weighted by Crippen LogP contribution is 2.37. The predicted molar refractivity (Wildman–Crippen MR) is 160 cm³/mol. The van der Waals surface area contributed by atoms with E-state index in [1.54, 1.807) is 19.9 Å². The summed E-state index contributed by atoms with van der Waals surface area (Å²) in [5.41, 5.74) is 1.65. The van der Waals surface area contributed by atoms with Crippen LogP contribution in [0.5, 0.6) is 0 Å². The molecule has 1 unspecified atom stereocenters. The molecule has 3 rings (SSSR count). The lowest BCUT2D eigenvalue weighted by Crippen LogP contribution is -2.42. The smallest absolute Gasteiger partial charge is 0.360 e. The fourth-order valence-corrected chi connectivity index (χ4v) is 6.45. The lowest BCUT2D eigenvalue weighted by molar-refractivity contribution is -0.133. The van der Waals surface area contributed by atoms with Crippen molar-refractivity contribution in [1.29, 1.82) is 0 Å². The van der Waals surface area contributed by atoms with Crippen molar-refractivity contribution in [2.45, 2.75) is 76.7 Å². The van der Waals surface area contributed by atoms with E-state index in [1.807, 2.05) is 6.92 Å². The second kappa shape index (κ2) is 13.1. The van der Waals surface area contributed by atoms with Crippen molar-refractivity contribution in [2.24, 2.45) is 0 Å². The van der Waals surface area contributed by atoms with E-state index in [1.165, 1.54) is 36.4 Å². The minimum atomic E-state index is -4.48. The average molecular weight is 663 g/mol. The third-order valence-corrected chi connectivity index (χ3v) is 12.0. The van der Waals surface area contributed by atoms with Crippen LogP contribution < -0.4 is 4.31 Å². The summed E-state index contributed by atoms with van der Waals surface area (Å²) in [6.07, 6.45) is -5.26. The summed E-state index contributed by atoms with van der Waals surface area (Å²) >= 11 is 0. The maximum Gasteiger partial charge on any atom is 0.389 e. The zero-order valence-corrected chi connectivity index (χ0v) is 27.8. The number of benzene rings is 2. The number of ether oxygens (including phenoxy) is 1. The summed E-state index contributed by atoms with van der Waals surface area (Å²) in [6, 6.07) is 10.3. The van der Waals surface area contributed by atoms with Gasteiger partial charge in [-0.2, -0.15) is 21.6 Å². The number of hydrogen-bond donors (Lipinski definition) is 0. The van der Waals surface area contributed by atoms with Crippen LogP contribution in [0.25, 0.3) is 11.1 Å². The Hall–Kier alpha value is -2.72. The highest BCUT2D eigenvalue weighted by Gasteiger charge is 2.35. The first-order chi connectivity index (χ1) is 19.7. The van der Waals surface area contributed by atoms with E-state index in [2.05, 4.69) is 24.8 Å². The normalized spacial score (nSPS) is 13.7. The molecule has 0 aliphatic rings. The molecule has 9 nitrogen and oxygen atoms in total. The first-order valence-electron chi connectivity index (χ1n) is 13.4. The fraction of sp³-hybridized carbons (Fsp3) is 0.464. The summed E-state index contributed by atoms with van der Waals surface area (Å²) in [4.78, 5) is -0.180. The van der Waals surface area contributed by atoms with Gasteiger partial charge in [-0.25, -0.2) is 12.7 Å². The Morgan fingerprint density at radius 2 is 1.67 bits per heavy atom. The van der Waals surface area contributed by atoms with Crippen LogP contribution in [0, 0.1) is 13.8 Å². The molecule has 0 N–H and O–H groups in total. The predicted octanol–water partition coefficient (Wildman–Crippen LogP) is 6.36. The number of halogens is 3. The summed E-state index contributed by atoms with van der Waals surface area (Å²) in [6.45, 7) is 10.7. The molecular weight excluding hydrogens is 626 g/mol. The number of aromatic nitrogens is 1. The lowest BCUT2D eigenvalue weighted by Gasteiger charge is -2.29. The van der Waals surface area contributed by atoms with Crippen molar-refractivity contribution >= 4 is 34.1 Å². The third-order valence-electron chi connectivity index (χ3n) is 7.05. The van der Waals surface area contributed by atoms with E-state index in [9.17, 15) is 30.0 Å². The van der Waals surface area contributed by atoms with Crippen LogP contribution in [0.15, 0.2) is 51.9 Å². The van der Waals surface area contributed by atoms with Gasteiger partial charge < -0.3 is 9.26 Å². The largest absolute Gasteiger partial charge is 0.389 e. The second-order valence-electron chi connectivity index (χ2n) is 11.4. The number of aryl methyl sites for hydroxylation is 2. The highest BCUT2D eigenvalue weighted by atomic mass is 32.2. The van der Waals surface area contributed by atoms with Crippen LogP contribution in [0.4, 0.5) is 19.1 Å². The molecule has 0 saturated heterocycles. The molecule has 3 aromatic rings. The van der Waals surface area contributed by atoms with Crippen molar-refractivity contribution < 1.29 is 43.4 Å². The number of anilines is 1. The molecular formula is C28H37F3N2O7S2Si. The SMILES string of the molecule is Cc1noc(N(COC(C)[Si](C)(C)C)S(=O)(=O)c2ccccc2-c2ccc(COS(C)(=O)=O)cc2CCC(F)(F)F)c1C. The van der Waals surface area contributed by atoms with Gasteiger partial charge in [-0.15, -0.1) is 0 Å². The van der Waals surface area contributed by atoms with Gasteiger partial charge in [0.1, 0.15) is 6.73 Å². The number of alkyl halides is 3. The van der Waals surface area contributed by atoms with Gasteiger partial charge in [-0.05, 0) is 49.9 Å². The van der Waals surface area contributed by atoms with E-state index in [4.69, 9.17) is 13.4 Å². The van der Waals surface area contributed by atoms with Gasteiger partial charge in [0.2, 0.25) is 5.88 Å². The molecule has 0 radical (unpaired) electrons. The molecule has 0 aliphatic heterocycles. The standard InChI is InChI=1S/C28H37F3N2O7S2Si/c1-19-20(2)32-40-27(19)33(18-38-21(3)43(5,6)7)42(36,37)26-11-9-8-10-25(26)24-13-12-22(17-39-41(4,34)35)16-23(24)14-15-28(29,30)31/h8-13,16,21H,14-15,17-18H2,1-7H3. The first kappa shape index (κ1) is 34.8. The number of rotatable bonds is 13. The molecule has 238 valence electrons. The van der Waals surface area contributed by atoms with Crippen LogP contribution in [-0.2, 0) is 42.1 Å². The van der Waals surface area contributed by atoms with Crippen molar-refractivity contribution in [3.05, 3.63) is 64.8 Å². The minimum Gasteiger partial charge on any atom is -0.360 e. The number of nitrogens with zero attached hydrogens (tertiary/aromatic N) is 2. The highest BCUT2D eigenvalue weighted by molar-refractivity contribution is 7.93. The Morgan fingerprint density at radius 3 is 2.23 bits per heavy atom. The third kappa shape index (κ3) is 9.14. The molecule has 1 heterocycles. The minimum absolute atomic E-state index is 0.0272. The first-order valence-corrected chi connectivity index (χ1v) is 20.2. The van der Waals surface area contributed by atoms with Gasteiger partial charge in [0.15, 0.2) is 0 Å². The zero-order chi connectivity index (χ0) is 32.4. The van der Waals surface area contributed by atoms with Gasteiger partial charge in [0.05, 0.1) is 31.5 Å². The maximum atomic E-state index is 14.4. The molecule has 0 aliphatic carbocycles. The number of hydrogen-bond acceptors (Lipinski definition) is 8. The van der Waals surface area contributed by atoms with Crippen LogP contribution in [0.1, 0.15) is 35.7 Å². The Bertz CT molecular complexity index is 1650. The average Bonchev–Trinajstić information content (AvgIpc) is 3.22. The zero-order valence-electron chi connectivity index (χ0n) is 25.1. The van der Waals surface area contributed by atoms with Crippen LogP contribution >= 0.6 is 0 Å². The molecule has 0 bridgehead atoms. The Kier molecular flexibility index (Phi) is 10.6. The Labute approximate surface area is 252 Å². The second-order valence-corrected chi connectivity index (χ2v) is 20.4. The Balaban J connectivity index is 2.16. The fourth-order valence-electron chi connectivity index (χ4n) is 3.99. The van der Waals surface area contributed by atoms with Crippen LogP contribution in [0.3, 0.4) is 0 Å². The van der Waals surface area contributed by atoms with E-state index < -0.39 is 47.2 Å². The number of sulfonamides is 1. The monoisotopic (exact) mass is 662 g/mol. The quantitative estimate of drug-likeness (QED) is 0.118. The van der Waals surface area contributed by atoms with Crippen molar-refractivity contribution in [2.75, 3.05) is 17.3 Å². The molecule has 1 atom stereocenters. The van der Waals surface area contributed by atoms with Crippen molar-refractivity contribution in [3.8, 4) is 11.1 Å². The topological polar surface area (TPSA) is 116 Å². The van der Waals surface area contributed by atoms with E-state index in [0.29, 0.717) is 16.8 Å². The van der Waals surface area contributed by atoms with Gasteiger partial charge in [0, 0.05) is 23.3 Å². The lowest BCUT2D eigenvalue weighted by atomic mass is 9.94.